The van der Waals surface area contributed by atoms with Gasteiger partial charge in [-0.05, 0) is 25.0 Å². The summed E-state index contributed by atoms with van der Waals surface area (Å²) in [5.41, 5.74) is 5.86. The molecule has 1 saturated carbocycles. The van der Waals surface area contributed by atoms with Crippen LogP contribution in [0.1, 0.15) is 12.8 Å². The standard InChI is InChI=1S/C14H20N2O4/c1-19-11-3-2-10(8-12(11)20-7-6-17)16-13(18)14(9-15)4-5-14/h2-3,8,17H,4-7,9,15H2,1H3,(H,16,18). The minimum absolute atomic E-state index is 0.0572. The highest BCUT2D eigenvalue weighted by Crippen LogP contribution is 2.45. The summed E-state index contributed by atoms with van der Waals surface area (Å²) in [6, 6.07) is 5.14. The van der Waals surface area contributed by atoms with Crippen molar-refractivity contribution in [1.29, 1.82) is 0 Å². The fraction of sp³-hybridized carbons (Fsp3) is 0.500. The maximum absolute atomic E-state index is 12.1. The monoisotopic (exact) mass is 280 g/mol. The van der Waals surface area contributed by atoms with E-state index in [2.05, 4.69) is 5.32 Å². The van der Waals surface area contributed by atoms with Crippen LogP contribution in [0.2, 0.25) is 0 Å². The summed E-state index contributed by atoms with van der Waals surface area (Å²) in [6.45, 7) is 0.444. The van der Waals surface area contributed by atoms with Gasteiger partial charge in [-0.15, -0.1) is 0 Å². The van der Waals surface area contributed by atoms with E-state index in [0.29, 0.717) is 23.7 Å². The summed E-state index contributed by atoms with van der Waals surface area (Å²) in [7, 11) is 1.53. The van der Waals surface area contributed by atoms with E-state index < -0.39 is 5.41 Å². The number of hydrogen-bond donors (Lipinski definition) is 3. The van der Waals surface area contributed by atoms with Crippen molar-refractivity contribution in [2.24, 2.45) is 11.1 Å². The van der Waals surface area contributed by atoms with Crippen molar-refractivity contribution >= 4 is 11.6 Å². The van der Waals surface area contributed by atoms with Crippen LogP contribution in [0.5, 0.6) is 11.5 Å². The Labute approximate surface area is 117 Å². The lowest BCUT2D eigenvalue weighted by molar-refractivity contribution is -0.120. The minimum atomic E-state index is -0.397. The zero-order chi connectivity index (χ0) is 14.6. The summed E-state index contributed by atoms with van der Waals surface area (Å²) in [5, 5.41) is 11.7. The Morgan fingerprint density at radius 3 is 2.75 bits per heavy atom. The average molecular weight is 280 g/mol. The number of aliphatic hydroxyl groups is 1. The Hall–Kier alpha value is -1.79. The van der Waals surface area contributed by atoms with Crippen molar-refractivity contribution in [2.75, 3.05) is 32.2 Å². The van der Waals surface area contributed by atoms with Gasteiger partial charge in [0.1, 0.15) is 6.61 Å². The summed E-state index contributed by atoms with van der Waals surface area (Å²) in [5.74, 6) is 0.978. The predicted molar refractivity (Wildman–Crippen MR) is 74.9 cm³/mol. The average Bonchev–Trinajstić information content (AvgIpc) is 3.26. The third-order valence-corrected chi connectivity index (χ3v) is 3.50. The number of carbonyl (C=O) groups excluding carboxylic acids is 1. The normalized spacial score (nSPS) is 15.6. The summed E-state index contributed by atoms with van der Waals surface area (Å²) in [4.78, 5) is 12.1. The van der Waals surface area contributed by atoms with Gasteiger partial charge >= 0.3 is 0 Å². The van der Waals surface area contributed by atoms with E-state index in [9.17, 15) is 4.79 Å². The smallest absolute Gasteiger partial charge is 0.231 e. The molecule has 6 heteroatoms. The minimum Gasteiger partial charge on any atom is -0.493 e. The topological polar surface area (TPSA) is 93.8 Å². The van der Waals surface area contributed by atoms with Crippen LogP contribution in [-0.4, -0.2) is 37.9 Å². The Kier molecular flexibility index (Phi) is 4.46. The van der Waals surface area contributed by atoms with Crippen LogP contribution in [0.3, 0.4) is 0 Å². The molecule has 1 fully saturated rings. The van der Waals surface area contributed by atoms with Crippen LogP contribution in [0.4, 0.5) is 5.69 Å². The van der Waals surface area contributed by atoms with E-state index >= 15 is 0 Å². The molecular weight excluding hydrogens is 260 g/mol. The number of rotatable bonds is 7. The Bertz CT molecular complexity index is 486. The van der Waals surface area contributed by atoms with Gasteiger partial charge in [-0.25, -0.2) is 0 Å². The van der Waals surface area contributed by atoms with Gasteiger partial charge in [-0.2, -0.15) is 0 Å². The fourth-order valence-corrected chi connectivity index (χ4v) is 1.96. The summed E-state index contributed by atoms with van der Waals surface area (Å²) >= 11 is 0. The molecule has 1 amide bonds. The third-order valence-electron chi connectivity index (χ3n) is 3.50. The molecule has 0 aromatic heterocycles. The summed E-state index contributed by atoms with van der Waals surface area (Å²) in [6.07, 6.45) is 1.67. The third kappa shape index (κ3) is 3.02. The van der Waals surface area contributed by atoms with Crippen molar-refractivity contribution in [3.05, 3.63) is 18.2 Å². The van der Waals surface area contributed by atoms with Gasteiger partial charge in [0.15, 0.2) is 11.5 Å². The zero-order valence-corrected chi connectivity index (χ0v) is 11.5. The van der Waals surface area contributed by atoms with Gasteiger partial charge in [-0.3, -0.25) is 4.79 Å². The quantitative estimate of drug-likeness (QED) is 0.685. The highest BCUT2D eigenvalue weighted by Gasteiger charge is 2.48. The molecule has 1 aromatic rings. The second-order valence-electron chi connectivity index (χ2n) is 4.88. The molecule has 0 aliphatic heterocycles. The largest absolute Gasteiger partial charge is 0.493 e. The van der Waals surface area contributed by atoms with Crippen LogP contribution < -0.4 is 20.5 Å². The SMILES string of the molecule is COc1ccc(NC(=O)C2(CN)CC2)cc1OCCO. The second kappa shape index (κ2) is 6.11. The molecule has 0 heterocycles. The van der Waals surface area contributed by atoms with Crippen LogP contribution in [0.25, 0.3) is 0 Å². The van der Waals surface area contributed by atoms with Crippen LogP contribution >= 0.6 is 0 Å². The summed E-state index contributed by atoms with van der Waals surface area (Å²) < 4.78 is 10.5. The van der Waals surface area contributed by atoms with Crippen molar-refractivity contribution in [3.63, 3.8) is 0 Å². The number of aliphatic hydroxyl groups excluding tert-OH is 1. The lowest BCUT2D eigenvalue weighted by Crippen LogP contribution is -2.30. The van der Waals surface area contributed by atoms with E-state index in [4.69, 9.17) is 20.3 Å². The predicted octanol–water partition coefficient (Wildman–Crippen LogP) is 0.744. The van der Waals surface area contributed by atoms with Crippen molar-refractivity contribution in [1.82, 2.24) is 0 Å². The van der Waals surface area contributed by atoms with E-state index in [1.807, 2.05) is 0 Å². The van der Waals surface area contributed by atoms with Crippen molar-refractivity contribution < 1.29 is 19.4 Å². The second-order valence-corrected chi connectivity index (χ2v) is 4.88. The molecule has 1 aliphatic carbocycles. The van der Waals surface area contributed by atoms with Gasteiger partial charge in [0.05, 0.1) is 19.1 Å². The molecule has 0 atom stereocenters. The lowest BCUT2D eigenvalue weighted by atomic mass is 10.1. The molecule has 1 aliphatic rings. The first-order valence-electron chi connectivity index (χ1n) is 6.58. The van der Waals surface area contributed by atoms with Gasteiger partial charge < -0.3 is 25.6 Å². The van der Waals surface area contributed by atoms with E-state index in [-0.39, 0.29) is 19.1 Å². The van der Waals surface area contributed by atoms with Crippen LogP contribution in [0.15, 0.2) is 18.2 Å². The number of methoxy groups -OCH3 is 1. The lowest BCUT2D eigenvalue weighted by Gasteiger charge is -2.15. The number of hydrogen-bond acceptors (Lipinski definition) is 5. The van der Waals surface area contributed by atoms with Gasteiger partial charge in [0, 0.05) is 18.3 Å². The maximum atomic E-state index is 12.1. The first kappa shape index (κ1) is 14.6. The maximum Gasteiger partial charge on any atom is 0.231 e. The fourth-order valence-electron chi connectivity index (χ4n) is 1.96. The zero-order valence-electron chi connectivity index (χ0n) is 11.5. The molecule has 4 N–H and O–H groups in total. The molecule has 6 nitrogen and oxygen atoms in total. The van der Waals surface area contributed by atoms with E-state index in [1.54, 1.807) is 18.2 Å². The highest BCUT2D eigenvalue weighted by molar-refractivity contribution is 5.97. The number of nitrogens with one attached hydrogen (secondary N) is 1. The molecule has 0 bridgehead atoms. The number of amides is 1. The van der Waals surface area contributed by atoms with E-state index in [1.165, 1.54) is 7.11 Å². The Morgan fingerprint density at radius 1 is 1.45 bits per heavy atom. The van der Waals surface area contributed by atoms with Crippen LogP contribution in [-0.2, 0) is 4.79 Å². The molecule has 0 unspecified atom stereocenters. The molecule has 0 saturated heterocycles. The number of ether oxygens (including phenoxy) is 2. The number of benzene rings is 1. The van der Waals surface area contributed by atoms with Crippen LogP contribution in [0, 0.1) is 5.41 Å². The Morgan fingerprint density at radius 2 is 2.20 bits per heavy atom. The molecule has 110 valence electrons. The van der Waals surface area contributed by atoms with Gasteiger partial charge in [0.2, 0.25) is 5.91 Å². The highest BCUT2D eigenvalue weighted by atomic mass is 16.5. The molecular formula is C14H20N2O4. The molecule has 0 radical (unpaired) electrons. The molecule has 20 heavy (non-hydrogen) atoms. The van der Waals surface area contributed by atoms with Crippen molar-refractivity contribution in [3.8, 4) is 11.5 Å². The number of carbonyl (C=O) groups is 1. The number of anilines is 1. The molecule has 2 rings (SSSR count). The number of nitrogens with two attached hydrogens (primary N) is 1. The molecule has 0 spiro atoms. The first-order chi connectivity index (χ1) is 9.65. The van der Waals surface area contributed by atoms with Gasteiger partial charge in [-0.1, -0.05) is 0 Å². The van der Waals surface area contributed by atoms with E-state index in [0.717, 1.165) is 12.8 Å². The van der Waals surface area contributed by atoms with Crippen molar-refractivity contribution in [2.45, 2.75) is 12.8 Å². The molecule has 1 aromatic carbocycles. The first-order valence-corrected chi connectivity index (χ1v) is 6.58. The van der Waals surface area contributed by atoms with Gasteiger partial charge in [0.25, 0.3) is 0 Å². The Balaban J connectivity index is 2.10.